The van der Waals surface area contributed by atoms with Crippen molar-refractivity contribution < 1.29 is 0 Å². The molecule has 0 aliphatic rings. The molecule has 0 radical (unpaired) electrons. The molecule has 3 aromatic heterocycles. The number of rotatable bonds is 3. The van der Waals surface area contributed by atoms with Crippen LogP contribution in [-0.2, 0) is 6.54 Å². The van der Waals surface area contributed by atoms with Gasteiger partial charge in [-0.2, -0.15) is 5.10 Å². The number of nitrogen functional groups attached to an aromatic ring is 1. The predicted octanol–water partition coefficient (Wildman–Crippen LogP) is 1.23. The molecule has 0 aliphatic carbocycles. The number of aromatic nitrogens is 6. The number of fused-ring (bicyclic) bond motifs is 1. The standard InChI is InChI=1S/C12H15N7/c1-8(2)19-4-3-9(17-19)5-18-7-16-10-11(13)14-6-15-12(10)18/h3-4,6-8H,5H2,1-2H3,(H2,13,14,15). The van der Waals surface area contributed by atoms with Crippen molar-refractivity contribution in [3.05, 3.63) is 30.6 Å². The lowest BCUT2D eigenvalue weighted by atomic mass is 10.4. The van der Waals surface area contributed by atoms with Gasteiger partial charge in [0.2, 0.25) is 0 Å². The van der Waals surface area contributed by atoms with Crippen molar-refractivity contribution in [2.45, 2.75) is 26.4 Å². The lowest BCUT2D eigenvalue weighted by Crippen LogP contribution is -2.05. The van der Waals surface area contributed by atoms with Crippen LogP contribution in [0, 0.1) is 0 Å². The van der Waals surface area contributed by atoms with Gasteiger partial charge in [-0.25, -0.2) is 15.0 Å². The summed E-state index contributed by atoms with van der Waals surface area (Å²) in [5.74, 6) is 0.399. The minimum Gasteiger partial charge on any atom is -0.382 e. The normalized spacial score (nSPS) is 11.5. The summed E-state index contributed by atoms with van der Waals surface area (Å²) >= 11 is 0. The van der Waals surface area contributed by atoms with Crippen molar-refractivity contribution in [1.29, 1.82) is 0 Å². The highest BCUT2D eigenvalue weighted by Crippen LogP contribution is 2.15. The molecule has 0 saturated carbocycles. The van der Waals surface area contributed by atoms with Crippen molar-refractivity contribution in [2.24, 2.45) is 0 Å². The molecule has 3 rings (SSSR count). The Bertz CT molecular complexity index is 710. The summed E-state index contributed by atoms with van der Waals surface area (Å²) in [6, 6.07) is 2.35. The maximum Gasteiger partial charge on any atom is 0.165 e. The minimum absolute atomic E-state index is 0.353. The summed E-state index contributed by atoms with van der Waals surface area (Å²) in [4.78, 5) is 12.4. The monoisotopic (exact) mass is 257 g/mol. The second-order valence-corrected chi connectivity index (χ2v) is 4.68. The average Bonchev–Trinajstić information content (AvgIpc) is 2.98. The highest BCUT2D eigenvalue weighted by atomic mass is 15.3. The molecule has 0 fully saturated rings. The number of nitrogens with two attached hydrogens (primary N) is 1. The molecule has 7 nitrogen and oxygen atoms in total. The minimum atomic E-state index is 0.353. The van der Waals surface area contributed by atoms with Gasteiger partial charge in [0, 0.05) is 12.2 Å². The van der Waals surface area contributed by atoms with Crippen molar-refractivity contribution >= 4 is 17.0 Å². The zero-order chi connectivity index (χ0) is 13.4. The van der Waals surface area contributed by atoms with Crippen LogP contribution in [0.4, 0.5) is 5.82 Å². The van der Waals surface area contributed by atoms with E-state index in [4.69, 9.17) is 5.73 Å². The van der Waals surface area contributed by atoms with Gasteiger partial charge in [0.05, 0.1) is 18.6 Å². The first-order valence-electron chi connectivity index (χ1n) is 6.10. The smallest absolute Gasteiger partial charge is 0.165 e. The third-order valence-electron chi connectivity index (χ3n) is 2.95. The summed E-state index contributed by atoms with van der Waals surface area (Å²) in [6.45, 7) is 4.81. The van der Waals surface area contributed by atoms with Crippen molar-refractivity contribution in [2.75, 3.05) is 5.73 Å². The maximum absolute atomic E-state index is 5.76. The quantitative estimate of drug-likeness (QED) is 0.762. The molecule has 0 bridgehead atoms. The summed E-state index contributed by atoms with van der Waals surface area (Å²) in [7, 11) is 0. The average molecular weight is 257 g/mol. The van der Waals surface area contributed by atoms with Gasteiger partial charge in [-0.1, -0.05) is 0 Å². The van der Waals surface area contributed by atoms with E-state index in [1.54, 1.807) is 6.33 Å². The molecule has 0 aliphatic heterocycles. The van der Waals surface area contributed by atoms with Crippen LogP contribution in [-0.4, -0.2) is 29.3 Å². The second kappa shape index (κ2) is 4.34. The first-order chi connectivity index (χ1) is 9.15. The SMILES string of the molecule is CC(C)n1ccc(Cn2cnc3c(N)ncnc32)n1. The van der Waals surface area contributed by atoms with Crippen LogP contribution in [0.5, 0.6) is 0 Å². The molecule has 2 N–H and O–H groups in total. The van der Waals surface area contributed by atoms with Crippen molar-refractivity contribution in [3.8, 4) is 0 Å². The van der Waals surface area contributed by atoms with Crippen LogP contribution in [0.1, 0.15) is 25.6 Å². The van der Waals surface area contributed by atoms with Gasteiger partial charge in [0.15, 0.2) is 11.5 Å². The van der Waals surface area contributed by atoms with E-state index < -0.39 is 0 Å². The van der Waals surface area contributed by atoms with Crippen LogP contribution in [0.2, 0.25) is 0 Å². The Morgan fingerprint density at radius 1 is 1.26 bits per heavy atom. The Morgan fingerprint density at radius 2 is 2.11 bits per heavy atom. The Kier molecular flexibility index (Phi) is 2.66. The fraction of sp³-hybridized carbons (Fsp3) is 0.333. The van der Waals surface area contributed by atoms with E-state index in [2.05, 4.69) is 33.9 Å². The first kappa shape index (κ1) is 11.6. The Hall–Kier alpha value is -2.44. The summed E-state index contributed by atoms with van der Waals surface area (Å²) in [5.41, 5.74) is 8.08. The Labute approximate surface area is 110 Å². The van der Waals surface area contributed by atoms with Gasteiger partial charge in [0.25, 0.3) is 0 Å². The molecule has 3 heterocycles. The predicted molar refractivity (Wildman–Crippen MR) is 71.4 cm³/mol. The second-order valence-electron chi connectivity index (χ2n) is 4.68. The van der Waals surface area contributed by atoms with E-state index in [0.29, 0.717) is 23.9 Å². The summed E-state index contributed by atoms with van der Waals surface area (Å²) in [6.07, 6.45) is 5.13. The summed E-state index contributed by atoms with van der Waals surface area (Å²) < 4.78 is 3.85. The molecule has 0 amide bonds. The molecular formula is C12H15N7. The molecule has 0 atom stereocenters. The molecule has 0 saturated heterocycles. The van der Waals surface area contributed by atoms with E-state index in [1.165, 1.54) is 6.33 Å². The van der Waals surface area contributed by atoms with Crippen LogP contribution < -0.4 is 5.73 Å². The topological polar surface area (TPSA) is 87.4 Å². The zero-order valence-electron chi connectivity index (χ0n) is 10.9. The van der Waals surface area contributed by atoms with Crippen LogP contribution in [0.15, 0.2) is 24.9 Å². The number of hydrogen-bond donors (Lipinski definition) is 1. The molecule has 0 unspecified atom stereocenters. The van der Waals surface area contributed by atoms with Gasteiger partial charge in [0.1, 0.15) is 11.8 Å². The lowest BCUT2D eigenvalue weighted by molar-refractivity contribution is 0.524. The Balaban J connectivity index is 1.94. The molecule has 19 heavy (non-hydrogen) atoms. The number of imidazole rings is 1. The van der Waals surface area contributed by atoms with Crippen molar-refractivity contribution in [1.82, 2.24) is 29.3 Å². The largest absolute Gasteiger partial charge is 0.382 e. The van der Waals surface area contributed by atoms with Gasteiger partial charge < -0.3 is 10.3 Å². The van der Waals surface area contributed by atoms with Gasteiger partial charge >= 0.3 is 0 Å². The number of nitrogens with zero attached hydrogens (tertiary/aromatic N) is 6. The number of hydrogen-bond acceptors (Lipinski definition) is 5. The highest BCUT2D eigenvalue weighted by Gasteiger charge is 2.09. The molecule has 98 valence electrons. The Morgan fingerprint density at radius 3 is 2.84 bits per heavy atom. The molecule has 0 spiro atoms. The number of anilines is 1. The summed E-state index contributed by atoms with van der Waals surface area (Å²) in [5, 5.41) is 4.51. The molecule has 0 aromatic carbocycles. The molecule has 3 aromatic rings. The fourth-order valence-electron chi connectivity index (χ4n) is 1.94. The zero-order valence-corrected chi connectivity index (χ0v) is 10.9. The first-order valence-corrected chi connectivity index (χ1v) is 6.10. The van der Waals surface area contributed by atoms with E-state index in [-0.39, 0.29) is 0 Å². The van der Waals surface area contributed by atoms with Gasteiger partial charge in [-0.3, -0.25) is 4.68 Å². The van der Waals surface area contributed by atoms with Crippen LogP contribution in [0.25, 0.3) is 11.2 Å². The maximum atomic E-state index is 5.76. The van der Waals surface area contributed by atoms with E-state index in [9.17, 15) is 0 Å². The van der Waals surface area contributed by atoms with E-state index >= 15 is 0 Å². The van der Waals surface area contributed by atoms with Crippen LogP contribution in [0.3, 0.4) is 0 Å². The third kappa shape index (κ3) is 2.03. The molecule has 7 heteroatoms. The van der Waals surface area contributed by atoms with E-state index in [0.717, 1.165) is 11.3 Å². The van der Waals surface area contributed by atoms with E-state index in [1.807, 2.05) is 21.5 Å². The lowest BCUT2D eigenvalue weighted by Gasteiger charge is -2.04. The highest BCUT2D eigenvalue weighted by molar-refractivity contribution is 5.81. The van der Waals surface area contributed by atoms with Crippen LogP contribution >= 0.6 is 0 Å². The third-order valence-corrected chi connectivity index (χ3v) is 2.95. The fourth-order valence-corrected chi connectivity index (χ4v) is 1.94. The van der Waals surface area contributed by atoms with Gasteiger partial charge in [-0.15, -0.1) is 0 Å². The van der Waals surface area contributed by atoms with Gasteiger partial charge in [-0.05, 0) is 19.9 Å². The molecular weight excluding hydrogens is 242 g/mol. The van der Waals surface area contributed by atoms with Crippen molar-refractivity contribution in [3.63, 3.8) is 0 Å².